The predicted molar refractivity (Wildman–Crippen MR) is 83.5 cm³/mol. The summed E-state index contributed by atoms with van der Waals surface area (Å²) in [7, 11) is 0. The molecule has 0 spiro atoms. The lowest BCUT2D eigenvalue weighted by molar-refractivity contribution is 0.550. The van der Waals surface area contributed by atoms with Crippen LogP contribution in [0.2, 0.25) is 0 Å². The number of aromatic nitrogens is 2. The molecule has 1 aromatic carbocycles. The van der Waals surface area contributed by atoms with Crippen molar-refractivity contribution < 1.29 is 0 Å². The van der Waals surface area contributed by atoms with Crippen molar-refractivity contribution in [2.24, 2.45) is 5.92 Å². The first-order valence-electron chi connectivity index (χ1n) is 7.50. The summed E-state index contributed by atoms with van der Waals surface area (Å²) in [5, 5.41) is 7.86. The van der Waals surface area contributed by atoms with E-state index in [9.17, 15) is 0 Å². The molecular weight excluding hydrogens is 246 g/mol. The van der Waals surface area contributed by atoms with Crippen LogP contribution in [-0.4, -0.2) is 16.3 Å². The third-order valence-electron chi connectivity index (χ3n) is 3.26. The monoisotopic (exact) mass is 271 g/mol. The summed E-state index contributed by atoms with van der Waals surface area (Å²) in [6.45, 7) is 7.40. The van der Waals surface area contributed by atoms with E-state index in [0.29, 0.717) is 5.92 Å². The lowest BCUT2D eigenvalue weighted by atomic mass is 10.1. The van der Waals surface area contributed by atoms with E-state index in [4.69, 9.17) is 0 Å². The van der Waals surface area contributed by atoms with E-state index in [0.717, 1.165) is 32.5 Å². The normalized spacial score (nSPS) is 11.2. The van der Waals surface area contributed by atoms with E-state index in [1.165, 1.54) is 11.1 Å². The first kappa shape index (κ1) is 14.8. The lowest BCUT2D eigenvalue weighted by Gasteiger charge is -2.05. The van der Waals surface area contributed by atoms with Crippen LogP contribution in [0, 0.1) is 5.92 Å². The van der Waals surface area contributed by atoms with Gasteiger partial charge in [0.15, 0.2) is 0 Å². The van der Waals surface area contributed by atoms with Gasteiger partial charge in [0, 0.05) is 24.8 Å². The second-order valence-electron chi connectivity index (χ2n) is 5.73. The Morgan fingerprint density at radius 1 is 1.15 bits per heavy atom. The molecule has 0 fully saturated rings. The molecule has 3 heteroatoms. The molecule has 3 nitrogen and oxygen atoms in total. The highest BCUT2D eigenvalue weighted by Crippen LogP contribution is 2.05. The average molecular weight is 271 g/mol. The molecule has 0 bridgehead atoms. The smallest absolute Gasteiger partial charge is 0.0534 e. The molecule has 0 saturated heterocycles. The van der Waals surface area contributed by atoms with Gasteiger partial charge in [0.2, 0.25) is 0 Å². The fourth-order valence-electron chi connectivity index (χ4n) is 2.22. The van der Waals surface area contributed by atoms with Gasteiger partial charge in [-0.25, -0.2) is 0 Å². The Hall–Kier alpha value is -1.61. The maximum Gasteiger partial charge on any atom is 0.0534 e. The summed E-state index contributed by atoms with van der Waals surface area (Å²) in [5.74, 6) is 0.691. The van der Waals surface area contributed by atoms with Gasteiger partial charge in [-0.3, -0.25) is 4.68 Å². The maximum atomic E-state index is 4.42. The van der Waals surface area contributed by atoms with Crippen molar-refractivity contribution >= 4 is 0 Å². The predicted octanol–water partition coefficient (Wildman–Crippen LogP) is 3.26. The molecule has 0 aliphatic heterocycles. The minimum Gasteiger partial charge on any atom is -0.312 e. The average Bonchev–Trinajstić information content (AvgIpc) is 2.87. The van der Waals surface area contributed by atoms with Gasteiger partial charge in [-0.05, 0) is 30.9 Å². The van der Waals surface area contributed by atoms with Crippen molar-refractivity contribution in [2.75, 3.05) is 6.54 Å². The fourth-order valence-corrected chi connectivity index (χ4v) is 2.22. The highest BCUT2D eigenvalue weighted by molar-refractivity contribution is 5.14. The molecule has 1 heterocycles. The van der Waals surface area contributed by atoms with Crippen molar-refractivity contribution in [1.82, 2.24) is 15.1 Å². The minimum atomic E-state index is 0.691. The number of nitrogens with one attached hydrogen (secondary N) is 1. The Morgan fingerprint density at radius 3 is 2.70 bits per heavy atom. The molecule has 20 heavy (non-hydrogen) atoms. The molecule has 0 amide bonds. The van der Waals surface area contributed by atoms with Crippen molar-refractivity contribution in [1.29, 1.82) is 0 Å². The molecule has 0 unspecified atom stereocenters. The SMILES string of the molecule is CC(C)CNCc1cnn(CCCc2ccccc2)c1. The molecule has 1 aromatic heterocycles. The van der Waals surface area contributed by atoms with E-state index in [-0.39, 0.29) is 0 Å². The molecule has 0 atom stereocenters. The Bertz CT molecular complexity index is 488. The van der Waals surface area contributed by atoms with E-state index in [2.05, 4.69) is 65.5 Å². The molecule has 1 N–H and O–H groups in total. The van der Waals surface area contributed by atoms with E-state index in [1.807, 2.05) is 6.20 Å². The maximum absolute atomic E-state index is 4.42. The first-order valence-corrected chi connectivity index (χ1v) is 7.50. The summed E-state index contributed by atoms with van der Waals surface area (Å²) < 4.78 is 2.05. The summed E-state index contributed by atoms with van der Waals surface area (Å²) in [5.41, 5.74) is 2.67. The number of benzene rings is 1. The zero-order valence-corrected chi connectivity index (χ0v) is 12.5. The largest absolute Gasteiger partial charge is 0.312 e. The van der Waals surface area contributed by atoms with Crippen LogP contribution in [0.3, 0.4) is 0 Å². The van der Waals surface area contributed by atoms with Gasteiger partial charge in [0.25, 0.3) is 0 Å². The van der Waals surface area contributed by atoms with E-state index >= 15 is 0 Å². The van der Waals surface area contributed by atoms with Crippen molar-refractivity contribution in [3.8, 4) is 0 Å². The van der Waals surface area contributed by atoms with Crippen molar-refractivity contribution in [3.05, 3.63) is 53.9 Å². The van der Waals surface area contributed by atoms with Crippen LogP contribution in [-0.2, 0) is 19.5 Å². The van der Waals surface area contributed by atoms with Crippen LogP contribution in [0.25, 0.3) is 0 Å². The van der Waals surface area contributed by atoms with Crippen LogP contribution < -0.4 is 5.32 Å². The molecule has 2 aromatic rings. The zero-order valence-electron chi connectivity index (χ0n) is 12.5. The lowest BCUT2D eigenvalue weighted by Crippen LogP contribution is -2.18. The zero-order chi connectivity index (χ0) is 14.2. The molecular formula is C17H25N3. The topological polar surface area (TPSA) is 29.9 Å². The third-order valence-corrected chi connectivity index (χ3v) is 3.26. The number of nitrogens with zero attached hydrogens (tertiary/aromatic N) is 2. The summed E-state index contributed by atoms with van der Waals surface area (Å²) in [6.07, 6.45) is 6.36. The van der Waals surface area contributed by atoms with Gasteiger partial charge < -0.3 is 5.32 Å². The quantitative estimate of drug-likeness (QED) is 0.798. The van der Waals surface area contributed by atoms with Gasteiger partial charge in [-0.2, -0.15) is 5.10 Å². The van der Waals surface area contributed by atoms with E-state index in [1.54, 1.807) is 0 Å². The third kappa shape index (κ3) is 5.17. The summed E-state index contributed by atoms with van der Waals surface area (Å²) >= 11 is 0. The Labute approximate surface area is 122 Å². The summed E-state index contributed by atoms with van der Waals surface area (Å²) in [4.78, 5) is 0. The Balaban J connectivity index is 1.70. The minimum absolute atomic E-state index is 0.691. The van der Waals surface area contributed by atoms with Gasteiger partial charge in [-0.15, -0.1) is 0 Å². The summed E-state index contributed by atoms with van der Waals surface area (Å²) in [6, 6.07) is 10.6. The molecule has 2 rings (SSSR count). The van der Waals surface area contributed by atoms with Crippen LogP contribution in [0.4, 0.5) is 0 Å². The standard InChI is InChI=1S/C17H25N3/c1-15(2)11-18-12-17-13-19-20(14-17)10-6-9-16-7-4-3-5-8-16/h3-5,7-8,13-15,18H,6,9-12H2,1-2H3. The van der Waals surface area contributed by atoms with Crippen molar-refractivity contribution in [2.45, 2.75) is 39.8 Å². The number of aryl methyl sites for hydroxylation is 2. The van der Waals surface area contributed by atoms with E-state index < -0.39 is 0 Å². The van der Waals surface area contributed by atoms with Gasteiger partial charge in [-0.1, -0.05) is 44.2 Å². The molecule has 0 saturated carbocycles. The van der Waals surface area contributed by atoms with Crippen LogP contribution in [0.1, 0.15) is 31.4 Å². The number of hydrogen-bond acceptors (Lipinski definition) is 2. The second-order valence-corrected chi connectivity index (χ2v) is 5.73. The number of hydrogen-bond donors (Lipinski definition) is 1. The van der Waals surface area contributed by atoms with Crippen LogP contribution in [0.15, 0.2) is 42.7 Å². The second kappa shape index (κ2) is 7.85. The fraction of sp³-hybridized carbons (Fsp3) is 0.471. The first-order chi connectivity index (χ1) is 9.74. The molecule has 0 aliphatic carbocycles. The highest BCUT2D eigenvalue weighted by Gasteiger charge is 2.00. The van der Waals surface area contributed by atoms with Gasteiger partial charge in [0.05, 0.1) is 6.20 Å². The molecule has 0 radical (unpaired) electrons. The highest BCUT2D eigenvalue weighted by atomic mass is 15.3. The number of rotatable bonds is 8. The van der Waals surface area contributed by atoms with Gasteiger partial charge in [0.1, 0.15) is 0 Å². The molecule has 108 valence electrons. The van der Waals surface area contributed by atoms with Crippen molar-refractivity contribution in [3.63, 3.8) is 0 Å². The Kier molecular flexibility index (Phi) is 5.81. The van der Waals surface area contributed by atoms with Crippen LogP contribution >= 0.6 is 0 Å². The molecule has 0 aliphatic rings. The van der Waals surface area contributed by atoms with Crippen LogP contribution in [0.5, 0.6) is 0 Å². The van der Waals surface area contributed by atoms with Gasteiger partial charge >= 0.3 is 0 Å². The Morgan fingerprint density at radius 2 is 1.95 bits per heavy atom.